The molecule has 0 radical (unpaired) electrons. The Hall–Kier alpha value is -3.22. The molecule has 1 unspecified atom stereocenters. The topological polar surface area (TPSA) is 73.9 Å². The molecule has 0 bridgehead atoms. The van der Waals surface area contributed by atoms with Crippen molar-refractivity contribution in [3.63, 3.8) is 0 Å². The number of carbonyl (C=O) groups is 2. The number of amides is 3. The van der Waals surface area contributed by atoms with Gasteiger partial charge in [0.2, 0.25) is 5.91 Å². The fourth-order valence-electron chi connectivity index (χ4n) is 3.28. The highest BCUT2D eigenvalue weighted by molar-refractivity contribution is 5.93. The van der Waals surface area contributed by atoms with Crippen LogP contribution >= 0.6 is 0 Å². The summed E-state index contributed by atoms with van der Waals surface area (Å²) in [6.45, 7) is 4.34. The van der Waals surface area contributed by atoms with Crippen LogP contribution in [0.2, 0.25) is 0 Å². The Labute approximate surface area is 165 Å². The van der Waals surface area contributed by atoms with Crippen LogP contribution in [0.1, 0.15) is 6.92 Å². The summed E-state index contributed by atoms with van der Waals surface area (Å²) in [6.07, 6.45) is 0. The fourth-order valence-corrected chi connectivity index (χ4v) is 3.28. The number of rotatable bonds is 5. The van der Waals surface area contributed by atoms with Crippen LogP contribution in [0.15, 0.2) is 54.6 Å². The molecule has 1 fully saturated rings. The maximum absolute atomic E-state index is 12.7. The number of para-hydroxylation sites is 3. The Kier molecular flexibility index (Phi) is 6.37. The van der Waals surface area contributed by atoms with E-state index in [0.29, 0.717) is 18.8 Å². The second-order valence-electron chi connectivity index (χ2n) is 6.67. The second-order valence-corrected chi connectivity index (χ2v) is 6.67. The van der Waals surface area contributed by atoms with E-state index < -0.39 is 6.04 Å². The van der Waals surface area contributed by atoms with Gasteiger partial charge in [-0.1, -0.05) is 30.3 Å². The highest BCUT2D eigenvalue weighted by Gasteiger charge is 2.26. The molecule has 28 heavy (non-hydrogen) atoms. The average Bonchev–Trinajstić information content (AvgIpc) is 2.74. The molecular weight excluding hydrogens is 356 g/mol. The van der Waals surface area contributed by atoms with Gasteiger partial charge < -0.3 is 25.2 Å². The van der Waals surface area contributed by atoms with Gasteiger partial charge in [-0.15, -0.1) is 0 Å². The zero-order valence-electron chi connectivity index (χ0n) is 16.2. The lowest BCUT2D eigenvalue weighted by atomic mass is 10.2. The smallest absolute Gasteiger partial charge is 0.319 e. The van der Waals surface area contributed by atoms with Crippen molar-refractivity contribution >= 4 is 23.3 Å². The first-order chi connectivity index (χ1) is 13.6. The van der Waals surface area contributed by atoms with E-state index in [1.165, 1.54) is 0 Å². The standard InChI is InChI=1S/C21H26N4O3/c1-16(22-21(27)23-17-8-4-3-5-9-17)20(26)25-14-12-24(13-15-25)18-10-6-7-11-19(18)28-2/h3-11,16H,12-15H2,1-2H3,(H2,22,23,27). The van der Waals surface area contributed by atoms with E-state index in [9.17, 15) is 9.59 Å². The Morgan fingerprint density at radius 3 is 2.29 bits per heavy atom. The molecule has 0 aliphatic carbocycles. The Balaban J connectivity index is 1.51. The van der Waals surface area contributed by atoms with Crippen LogP contribution in [0.3, 0.4) is 0 Å². The van der Waals surface area contributed by atoms with Gasteiger partial charge in [0.25, 0.3) is 0 Å². The monoisotopic (exact) mass is 382 g/mol. The highest BCUT2D eigenvalue weighted by atomic mass is 16.5. The fraction of sp³-hybridized carbons (Fsp3) is 0.333. The van der Waals surface area contributed by atoms with Crippen LogP contribution < -0.4 is 20.3 Å². The van der Waals surface area contributed by atoms with Crippen LogP contribution in [0.5, 0.6) is 5.75 Å². The normalized spacial score (nSPS) is 14.9. The molecule has 3 rings (SSSR count). The Bertz CT molecular complexity index is 804. The maximum atomic E-state index is 12.7. The zero-order chi connectivity index (χ0) is 19.9. The van der Waals surface area contributed by atoms with E-state index in [1.807, 2.05) is 42.5 Å². The van der Waals surface area contributed by atoms with Gasteiger partial charge in [0.05, 0.1) is 12.8 Å². The molecular formula is C21H26N4O3. The molecule has 0 saturated carbocycles. The predicted molar refractivity (Wildman–Crippen MR) is 110 cm³/mol. The predicted octanol–water partition coefficient (Wildman–Crippen LogP) is 2.55. The van der Waals surface area contributed by atoms with Crippen LogP contribution in [0, 0.1) is 0 Å². The summed E-state index contributed by atoms with van der Waals surface area (Å²) >= 11 is 0. The van der Waals surface area contributed by atoms with Crippen molar-refractivity contribution in [2.75, 3.05) is 43.5 Å². The molecule has 2 aromatic carbocycles. The first kappa shape index (κ1) is 19.5. The number of hydrogen-bond acceptors (Lipinski definition) is 4. The van der Waals surface area contributed by atoms with Crippen molar-refractivity contribution in [2.24, 2.45) is 0 Å². The number of piperazine rings is 1. The van der Waals surface area contributed by atoms with E-state index in [-0.39, 0.29) is 11.9 Å². The molecule has 1 aliphatic heterocycles. The van der Waals surface area contributed by atoms with Crippen molar-refractivity contribution in [3.8, 4) is 5.75 Å². The summed E-state index contributed by atoms with van der Waals surface area (Å²) in [5.74, 6) is 0.748. The molecule has 1 atom stereocenters. The average molecular weight is 382 g/mol. The third-order valence-electron chi connectivity index (χ3n) is 4.77. The minimum Gasteiger partial charge on any atom is -0.495 e. The Morgan fingerprint density at radius 1 is 0.964 bits per heavy atom. The highest BCUT2D eigenvalue weighted by Crippen LogP contribution is 2.28. The lowest BCUT2D eigenvalue weighted by Gasteiger charge is -2.37. The zero-order valence-corrected chi connectivity index (χ0v) is 16.2. The molecule has 0 spiro atoms. The van der Waals surface area contributed by atoms with Gasteiger partial charge in [0, 0.05) is 31.9 Å². The van der Waals surface area contributed by atoms with Gasteiger partial charge in [-0.3, -0.25) is 4.79 Å². The van der Waals surface area contributed by atoms with E-state index in [0.717, 1.165) is 24.5 Å². The van der Waals surface area contributed by atoms with E-state index >= 15 is 0 Å². The number of carbonyl (C=O) groups excluding carboxylic acids is 2. The largest absolute Gasteiger partial charge is 0.495 e. The SMILES string of the molecule is COc1ccccc1N1CCN(C(=O)C(C)NC(=O)Nc2ccccc2)CC1. The molecule has 1 saturated heterocycles. The van der Waals surface area contributed by atoms with Gasteiger partial charge in [-0.25, -0.2) is 4.79 Å². The molecule has 3 amide bonds. The minimum atomic E-state index is -0.596. The molecule has 148 valence electrons. The number of anilines is 2. The third kappa shape index (κ3) is 4.73. The molecule has 2 aromatic rings. The number of hydrogen-bond donors (Lipinski definition) is 2. The van der Waals surface area contributed by atoms with Gasteiger partial charge in [0.1, 0.15) is 11.8 Å². The quantitative estimate of drug-likeness (QED) is 0.834. The summed E-state index contributed by atoms with van der Waals surface area (Å²) < 4.78 is 5.43. The summed E-state index contributed by atoms with van der Waals surface area (Å²) in [5, 5.41) is 5.44. The number of benzene rings is 2. The summed E-state index contributed by atoms with van der Waals surface area (Å²) in [5.41, 5.74) is 1.72. The first-order valence-electron chi connectivity index (χ1n) is 9.38. The summed E-state index contributed by atoms with van der Waals surface area (Å²) in [6, 6.07) is 16.0. The summed E-state index contributed by atoms with van der Waals surface area (Å²) in [7, 11) is 1.66. The van der Waals surface area contributed by atoms with Gasteiger partial charge in [0.15, 0.2) is 0 Å². The molecule has 7 heteroatoms. The number of nitrogens with zero attached hydrogens (tertiary/aromatic N) is 2. The lowest BCUT2D eigenvalue weighted by Crippen LogP contribution is -2.54. The van der Waals surface area contributed by atoms with Crippen LogP contribution in [-0.2, 0) is 4.79 Å². The first-order valence-corrected chi connectivity index (χ1v) is 9.38. The van der Waals surface area contributed by atoms with Gasteiger partial charge >= 0.3 is 6.03 Å². The van der Waals surface area contributed by atoms with Gasteiger partial charge in [-0.2, -0.15) is 0 Å². The molecule has 1 heterocycles. The minimum absolute atomic E-state index is 0.0807. The number of urea groups is 1. The lowest BCUT2D eigenvalue weighted by molar-refractivity contribution is -0.133. The number of methoxy groups -OCH3 is 1. The van der Waals surface area contributed by atoms with Crippen LogP contribution in [0.4, 0.5) is 16.2 Å². The van der Waals surface area contributed by atoms with Crippen molar-refractivity contribution in [1.82, 2.24) is 10.2 Å². The van der Waals surface area contributed by atoms with Crippen molar-refractivity contribution in [3.05, 3.63) is 54.6 Å². The van der Waals surface area contributed by atoms with Gasteiger partial charge in [-0.05, 0) is 31.2 Å². The van der Waals surface area contributed by atoms with Crippen molar-refractivity contribution < 1.29 is 14.3 Å². The molecule has 1 aliphatic rings. The molecule has 0 aromatic heterocycles. The van der Waals surface area contributed by atoms with E-state index in [1.54, 1.807) is 31.1 Å². The number of nitrogens with one attached hydrogen (secondary N) is 2. The summed E-state index contributed by atoms with van der Waals surface area (Å²) in [4.78, 5) is 28.8. The number of ether oxygens (including phenoxy) is 1. The van der Waals surface area contributed by atoms with E-state index in [2.05, 4.69) is 15.5 Å². The van der Waals surface area contributed by atoms with Crippen LogP contribution in [0.25, 0.3) is 0 Å². The van der Waals surface area contributed by atoms with Crippen LogP contribution in [-0.4, -0.2) is 56.2 Å². The second kappa shape index (κ2) is 9.12. The Morgan fingerprint density at radius 2 is 1.61 bits per heavy atom. The maximum Gasteiger partial charge on any atom is 0.319 e. The third-order valence-corrected chi connectivity index (χ3v) is 4.77. The molecule has 2 N–H and O–H groups in total. The van der Waals surface area contributed by atoms with E-state index in [4.69, 9.17) is 4.74 Å². The molecule has 7 nitrogen and oxygen atoms in total. The van der Waals surface area contributed by atoms with Crippen molar-refractivity contribution in [1.29, 1.82) is 0 Å². The van der Waals surface area contributed by atoms with Crippen molar-refractivity contribution in [2.45, 2.75) is 13.0 Å².